The first-order valence-electron chi connectivity index (χ1n) is 3.31. The van der Waals surface area contributed by atoms with Crippen LogP contribution in [0.15, 0.2) is 36.4 Å². The van der Waals surface area contributed by atoms with E-state index in [2.05, 4.69) is 5.73 Å². The molecule has 4 N–H and O–H groups in total. The molecule has 0 aliphatic rings. The third kappa shape index (κ3) is 8.16. The number of carbonyl (C=O) groups excluding carboxylic acids is 1. The predicted octanol–water partition coefficient (Wildman–Crippen LogP) is 0.312. The van der Waals surface area contributed by atoms with Gasteiger partial charge in [-0.05, 0) is 0 Å². The van der Waals surface area contributed by atoms with E-state index in [1.807, 2.05) is 41.7 Å². The Morgan fingerprint density at radius 2 is 1.50 bits per heavy atom. The molecular weight excluding hydrogens is 154 g/mol. The second-order valence-corrected chi connectivity index (χ2v) is 1.83. The molecule has 4 heteroatoms. The standard InChI is InChI=1S/C6H6.C2H5N3O/c1-2-4-6-5-3-1;3-2(4)5-1-6/h1-6H;1H,(H4,3,4,5,6). The number of amides is 1. The highest BCUT2D eigenvalue weighted by atomic mass is 16.1. The van der Waals surface area contributed by atoms with Crippen molar-refractivity contribution in [3.63, 3.8) is 0 Å². The van der Waals surface area contributed by atoms with Crippen molar-refractivity contribution >= 4 is 12.4 Å². The van der Waals surface area contributed by atoms with Crippen LogP contribution in [0.25, 0.3) is 0 Å². The fourth-order valence-electron chi connectivity index (χ4n) is 0.448. The molecule has 1 amide bonds. The lowest BCUT2D eigenvalue weighted by atomic mass is 10.4. The van der Waals surface area contributed by atoms with Gasteiger partial charge in [0, 0.05) is 0 Å². The van der Waals surface area contributed by atoms with Gasteiger partial charge in [-0.2, -0.15) is 0 Å². The summed E-state index contributed by atoms with van der Waals surface area (Å²) < 4.78 is 0. The second-order valence-electron chi connectivity index (χ2n) is 1.83. The molecule has 0 unspecified atom stereocenters. The van der Waals surface area contributed by atoms with Gasteiger partial charge in [-0.1, -0.05) is 36.4 Å². The van der Waals surface area contributed by atoms with E-state index in [9.17, 15) is 4.79 Å². The number of rotatable bonds is 1. The third-order valence-corrected chi connectivity index (χ3v) is 0.881. The number of carbonyl (C=O) groups is 1. The van der Waals surface area contributed by atoms with Crippen LogP contribution in [0.2, 0.25) is 0 Å². The van der Waals surface area contributed by atoms with E-state index in [4.69, 9.17) is 5.41 Å². The van der Waals surface area contributed by atoms with Gasteiger partial charge in [-0.15, -0.1) is 0 Å². The molecule has 0 aliphatic carbocycles. The Kier molecular flexibility index (Phi) is 6.15. The van der Waals surface area contributed by atoms with Gasteiger partial charge in [0.15, 0.2) is 5.96 Å². The molecule has 0 atom stereocenters. The lowest BCUT2D eigenvalue weighted by molar-refractivity contribution is -0.108. The molecule has 1 aromatic rings. The number of hydrogen-bond acceptors (Lipinski definition) is 2. The molecule has 64 valence electrons. The van der Waals surface area contributed by atoms with Crippen LogP contribution in [0.1, 0.15) is 0 Å². The largest absolute Gasteiger partial charge is 0.370 e. The predicted molar refractivity (Wildman–Crippen MR) is 47.6 cm³/mol. The smallest absolute Gasteiger partial charge is 0.213 e. The zero-order valence-electron chi connectivity index (χ0n) is 6.53. The molecule has 4 nitrogen and oxygen atoms in total. The van der Waals surface area contributed by atoms with Crippen molar-refractivity contribution < 1.29 is 4.79 Å². The minimum absolute atomic E-state index is 0.329. The van der Waals surface area contributed by atoms with Gasteiger partial charge >= 0.3 is 0 Å². The van der Waals surface area contributed by atoms with E-state index in [0.717, 1.165) is 0 Å². The van der Waals surface area contributed by atoms with Crippen LogP contribution in [0, 0.1) is 5.41 Å². The number of nitrogens with one attached hydrogen (secondary N) is 2. The molecule has 0 radical (unpaired) electrons. The summed E-state index contributed by atoms with van der Waals surface area (Å²) in [7, 11) is 0. The summed E-state index contributed by atoms with van der Waals surface area (Å²) in [5, 5.41) is 8.22. The van der Waals surface area contributed by atoms with Crippen molar-refractivity contribution in [1.82, 2.24) is 5.32 Å². The number of guanidine groups is 1. The topological polar surface area (TPSA) is 79.0 Å². The summed E-state index contributed by atoms with van der Waals surface area (Å²) in [6.07, 6.45) is 0.350. The summed E-state index contributed by atoms with van der Waals surface area (Å²) in [6.45, 7) is 0. The zero-order chi connectivity index (χ0) is 9.23. The highest BCUT2D eigenvalue weighted by Gasteiger charge is 1.73. The average molecular weight is 165 g/mol. The maximum absolute atomic E-state index is 9.28. The van der Waals surface area contributed by atoms with Crippen LogP contribution in [0.5, 0.6) is 0 Å². The number of nitrogens with two attached hydrogens (primary N) is 1. The SMILES string of the molecule is N=C(N)NC=O.c1ccccc1. The van der Waals surface area contributed by atoms with Crippen molar-refractivity contribution in [3.8, 4) is 0 Å². The van der Waals surface area contributed by atoms with Crippen LogP contribution in [-0.2, 0) is 4.79 Å². The molecule has 0 aromatic heterocycles. The van der Waals surface area contributed by atoms with Gasteiger partial charge in [0.2, 0.25) is 6.41 Å². The van der Waals surface area contributed by atoms with Crippen molar-refractivity contribution in [2.75, 3.05) is 0 Å². The Bertz CT molecular complexity index is 196. The minimum atomic E-state index is -0.329. The van der Waals surface area contributed by atoms with Gasteiger partial charge in [0.1, 0.15) is 0 Å². The molecule has 0 aliphatic heterocycles. The molecule has 0 spiro atoms. The van der Waals surface area contributed by atoms with E-state index in [0.29, 0.717) is 6.41 Å². The third-order valence-electron chi connectivity index (χ3n) is 0.881. The van der Waals surface area contributed by atoms with E-state index >= 15 is 0 Å². The lowest BCUT2D eigenvalue weighted by Crippen LogP contribution is -2.28. The Hall–Kier alpha value is -1.84. The summed E-state index contributed by atoms with van der Waals surface area (Å²) >= 11 is 0. The average Bonchev–Trinajstić information content (AvgIpc) is 2.08. The maximum atomic E-state index is 9.28. The first kappa shape index (κ1) is 10.2. The molecule has 12 heavy (non-hydrogen) atoms. The van der Waals surface area contributed by atoms with Crippen LogP contribution < -0.4 is 11.1 Å². The van der Waals surface area contributed by atoms with Crippen LogP contribution >= 0.6 is 0 Å². The van der Waals surface area contributed by atoms with Gasteiger partial charge in [0.25, 0.3) is 0 Å². The fraction of sp³-hybridized carbons (Fsp3) is 0. The van der Waals surface area contributed by atoms with Gasteiger partial charge in [-0.3, -0.25) is 15.5 Å². The Morgan fingerprint density at radius 3 is 1.58 bits per heavy atom. The summed E-state index contributed by atoms with van der Waals surface area (Å²) in [5.41, 5.74) is 4.64. The van der Waals surface area contributed by atoms with Crippen molar-refractivity contribution in [2.45, 2.75) is 0 Å². The van der Waals surface area contributed by atoms with Gasteiger partial charge < -0.3 is 5.73 Å². The second kappa shape index (κ2) is 7.27. The number of benzene rings is 1. The van der Waals surface area contributed by atoms with Crippen molar-refractivity contribution in [1.29, 1.82) is 5.41 Å². The van der Waals surface area contributed by atoms with E-state index in [1.54, 1.807) is 0 Å². The first-order valence-corrected chi connectivity index (χ1v) is 3.31. The Morgan fingerprint density at radius 1 is 1.17 bits per heavy atom. The van der Waals surface area contributed by atoms with Gasteiger partial charge in [0.05, 0.1) is 0 Å². The quantitative estimate of drug-likeness (QED) is 0.318. The summed E-state index contributed by atoms with van der Waals surface area (Å²) in [6, 6.07) is 12.0. The molecule has 0 heterocycles. The summed E-state index contributed by atoms with van der Waals surface area (Å²) in [5.74, 6) is -0.329. The minimum Gasteiger partial charge on any atom is -0.370 e. The lowest BCUT2D eigenvalue weighted by Gasteiger charge is -1.84. The van der Waals surface area contributed by atoms with Gasteiger partial charge in [-0.25, -0.2) is 0 Å². The Balaban J connectivity index is 0.000000202. The van der Waals surface area contributed by atoms with Crippen LogP contribution in [0.4, 0.5) is 0 Å². The number of hydrogen-bond donors (Lipinski definition) is 3. The van der Waals surface area contributed by atoms with E-state index < -0.39 is 0 Å². The molecule has 0 saturated carbocycles. The van der Waals surface area contributed by atoms with Crippen molar-refractivity contribution in [3.05, 3.63) is 36.4 Å². The van der Waals surface area contributed by atoms with Crippen molar-refractivity contribution in [2.24, 2.45) is 5.73 Å². The van der Waals surface area contributed by atoms with E-state index in [1.165, 1.54) is 0 Å². The normalized spacial score (nSPS) is 7.33. The Labute approximate surface area is 70.9 Å². The van der Waals surface area contributed by atoms with Crippen LogP contribution in [0.3, 0.4) is 0 Å². The highest BCUT2D eigenvalue weighted by molar-refractivity contribution is 5.84. The first-order chi connectivity index (χ1) is 5.77. The fourth-order valence-corrected chi connectivity index (χ4v) is 0.448. The molecular formula is C8H11N3O. The monoisotopic (exact) mass is 165 g/mol. The molecule has 0 saturated heterocycles. The van der Waals surface area contributed by atoms with E-state index in [-0.39, 0.29) is 5.96 Å². The molecule has 0 fully saturated rings. The van der Waals surface area contributed by atoms with Crippen LogP contribution in [-0.4, -0.2) is 12.4 Å². The molecule has 1 aromatic carbocycles. The molecule has 0 bridgehead atoms. The maximum Gasteiger partial charge on any atom is 0.213 e. The zero-order valence-corrected chi connectivity index (χ0v) is 6.53. The molecule has 1 rings (SSSR count). The highest BCUT2D eigenvalue weighted by Crippen LogP contribution is 1.79. The summed E-state index contributed by atoms with van der Waals surface area (Å²) in [4.78, 5) is 9.28.